The maximum Gasteiger partial charge on any atom is 0.239 e. The molecule has 0 aliphatic heterocycles. The molecule has 1 aromatic rings. The van der Waals surface area contributed by atoms with Gasteiger partial charge in [-0.1, -0.05) is 19.9 Å². The molecule has 0 radical (unpaired) electrons. The van der Waals surface area contributed by atoms with Crippen LogP contribution in [0.3, 0.4) is 0 Å². The molecule has 0 fully saturated rings. The van der Waals surface area contributed by atoms with Crippen LogP contribution in [0.4, 0.5) is 14.5 Å². The molecule has 0 aliphatic carbocycles. The molecular weight excluding hydrogens is 226 g/mol. The van der Waals surface area contributed by atoms with E-state index in [1.54, 1.807) is 0 Å². The van der Waals surface area contributed by atoms with Crippen molar-refractivity contribution < 1.29 is 13.6 Å². The highest BCUT2D eigenvalue weighted by atomic mass is 19.2. The molecule has 0 aromatic heterocycles. The second-order valence-corrected chi connectivity index (χ2v) is 4.15. The lowest BCUT2D eigenvalue weighted by molar-refractivity contribution is -0.119. The molecule has 5 heteroatoms. The molecular formula is C12H16F2N2O. The normalized spacial score (nSPS) is 10.4. The summed E-state index contributed by atoms with van der Waals surface area (Å²) in [7, 11) is 0. The topological polar surface area (TPSA) is 41.1 Å². The van der Waals surface area contributed by atoms with E-state index in [1.807, 2.05) is 13.8 Å². The average molecular weight is 242 g/mol. The zero-order valence-electron chi connectivity index (χ0n) is 9.89. The van der Waals surface area contributed by atoms with Gasteiger partial charge in [0.05, 0.1) is 12.2 Å². The van der Waals surface area contributed by atoms with Gasteiger partial charge < -0.3 is 10.6 Å². The number of nitrogens with one attached hydrogen (secondary N) is 2. The van der Waals surface area contributed by atoms with E-state index < -0.39 is 11.6 Å². The highest BCUT2D eigenvalue weighted by Crippen LogP contribution is 2.15. The monoisotopic (exact) mass is 242 g/mol. The van der Waals surface area contributed by atoms with Crippen LogP contribution in [-0.2, 0) is 4.79 Å². The van der Waals surface area contributed by atoms with Gasteiger partial charge in [-0.2, -0.15) is 0 Å². The highest BCUT2D eigenvalue weighted by Gasteiger charge is 2.08. The predicted molar refractivity (Wildman–Crippen MR) is 62.7 cm³/mol. The Morgan fingerprint density at radius 3 is 2.71 bits per heavy atom. The van der Waals surface area contributed by atoms with Crippen LogP contribution < -0.4 is 10.6 Å². The summed E-state index contributed by atoms with van der Waals surface area (Å²) in [5, 5.41) is 5.22. The summed E-state index contributed by atoms with van der Waals surface area (Å²) >= 11 is 0. The van der Waals surface area contributed by atoms with Crippen molar-refractivity contribution in [3.8, 4) is 0 Å². The van der Waals surface area contributed by atoms with Crippen molar-refractivity contribution in [2.45, 2.75) is 13.8 Å². The summed E-state index contributed by atoms with van der Waals surface area (Å²) in [6.45, 7) is 4.43. The first-order valence-corrected chi connectivity index (χ1v) is 5.45. The Morgan fingerprint density at radius 1 is 1.35 bits per heavy atom. The SMILES string of the molecule is CC(C)CNC(=O)CNc1cccc(F)c1F. The Bertz CT molecular complexity index is 394. The smallest absolute Gasteiger partial charge is 0.239 e. The van der Waals surface area contributed by atoms with Crippen LogP contribution in [0.2, 0.25) is 0 Å². The maximum atomic E-state index is 13.2. The van der Waals surface area contributed by atoms with Gasteiger partial charge in [-0.3, -0.25) is 4.79 Å². The van der Waals surface area contributed by atoms with E-state index in [0.29, 0.717) is 12.5 Å². The number of hydrogen-bond donors (Lipinski definition) is 2. The first kappa shape index (κ1) is 13.4. The van der Waals surface area contributed by atoms with Crippen molar-refractivity contribution in [2.24, 2.45) is 5.92 Å². The van der Waals surface area contributed by atoms with Crippen LogP contribution in [0, 0.1) is 17.6 Å². The van der Waals surface area contributed by atoms with Crippen LogP contribution in [-0.4, -0.2) is 19.0 Å². The van der Waals surface area contributed by atoms with E-state index in [9.17, 15) is 13.6 Å². The van der Waals surface area contributed by atoms with Crippen LogP contribution in [0.25, 0.3) is 0 Å². The van der Waals surface area contributed by atoms with Gasteiger partial charge in [-0.25, -0.2) is 8.78 Å². The Hall–Kier alpha value is -1.65. The third-order valence-corrected chi connectivity index (χ3v) is 2.10. The van der Waals surface area contributed by atoms with Crippen molar-refractivity contribution in [1.29, 1.82) is 0 Å². The van der Waals surface area contributed by atoms with E-state index in [4.69, 9.17) is 0 Å². The lowest BCUT2D eigenvalue weighted by Gasteiger charge is -2.10. The van der Waals surface area contributed by atoms with Crippen molar-refractivity contribution in [1.82, 2.24) is 5.32 Å². The third kappa shape index (κ3) is 4.38. The maximum absolute atomic E-state index is 13.2. The molecule has 0 aliphatic rings. The largest absolute Gasteiger partial charge is 0.374 e. The molecule has 1 rings (SSSR count). The molecule has 0 heterocycles. The number of halogens is 2. The minimum atomic E-state index is -0.968. The fraction of sp³-hybridized carbons (Fsp3) is 0.417. The van der Waals surface area contributed by atoms with Gasteiger partial charge in [-0.15, -0.1) is 0 Å². The molecule has 1 amide bonds. The van der Waals surface area contributed by atoms with Gasteiger partial charge in [0, 0.05) is 6.54 Å². The van der Waals surface area contributed by atoms with Crippen molar-refractivity contribution in [3.63, 3.8) is 0 Å². The Kier molecular flexibility index (Phi) is 4.87. The number of rotatable bonds is 5. The molecule has 3 nitrogen and oxygen atoms in total. The van der Waals surface area contributed by atoms with Crippen LogP contribution in [0.15, 0.2) is 18.2 Å². The second kappa shape index (κ2) is 6.18. The van der Waals surface area contributed by atoms with Crippen molar-refractivity contribution >= 4 is 11.6 Å². The lowest BCUT2D eigenvalue weighted by atomic mass is 10.2. The summed E-state index contributed by atoms with van der Waals surface area (Å²) in [5.74, 6) is -1.80. The Morgan fingerprint density at radius 2 is 2.06 bits per heavy atom. The molecule has 17 heavy (non-hydrogen) atoms. The first-order valence-electron chi connectivity index (χ1n) is 5.45. The predicted octanol–water partition coefficient (Wildman–Crippen LogP) is 2.15. The summed E-state index contributed by atoms with van der Waals surface area (Å²) in [4.78, 5) is 11.3. The van der Waals surface area contributed by atoms with E-state index in [-0.39, 0.29) is 18.1 Å². The first-order chi connectivity index (χ1) is 8.00. The van der Waals surface area contributed by atoms with Gasteiger partial charge in [0.15, 0.2) is 11.6 Å². The van der Waals surface area contributed by atoms with E-state index >= 15 is 0 Å². The number of hydrogen-bond acceptors (Lipinski definition) is 2. The van der Waals surface area contributed by atoms with Crippen LogP contribution in [0.1, 0.15) is 13.8 Å². The third-order valence-electron chi connectivity index (χ3n) is 2.10. The minimum Gasteiger partial charge on any atom is -0.374 e. The van der Waals surface area contributed by atoms with Gasteiger partial charge in [-0.05, 0) is 18.1 Å². The molecule has 1 aromatic carbocycles. The van der Waals surface area contributed by atoms with Gasteiger partial charge in [0.1, 0.15) is 0 Å². The standard InChI is InChI=1S/C12H16F2N2O/c1-8(2)6-16-11(17)7-15-10-5-3-4-9(13)12(10)14/h3-5,8,15H,6-7H2,1-2H3,(H,16,17). The molecule has 0 bridgehead atoms. The minimum absolute atomic E-state index is 0.00954. The van der Waals surface area contributed by atoms with Gasteiger partial charge in [0.2, 0.25) is 5.91 Å². The van der Waals surface area contributed by atoms with Crippen LogP contribution >= 0.6 is 0 Å². The van der Waals surface area contributed by atoms with Gasteiger partial charge >= 0.3 is 0 Å². The fourth-order valence-electron chi connectivity index (χ4n) is 1.20. The van der Waals surface area contributed by atoms with Gasteiger partial charge in [0.25, 0.3) is 0 Å². The van der Waals surface area contributed by atoms with E-state index in [2.05, 4.69) is 10.6 Å². The molecule has 0 saturated carbocycles. The quantitative estimate of drug-likeness (QED) is 0.830. The van der Waals surface area contributed by atoms with Crippen LogP contribution in [0.5, 0.6) is 0 Å². The van der Waals surface area contributed by atoms with E-state index in [0.717, 1.165) is 6.07 Å². The number of carbonyl (C=O) groups is 1. The lowest BCUT2D eigenvalue weighted by Crippen LogP contribution is -2.32. The van der Waals surface area contributed by atoms with Crippen molar-refractivity contribution in [2.75, 3.05) is 18.4 Å². The summed E-state index contributed by atoms with van der Waals surface area (Å²) < 4.78 is 26.0. The Balaban J connectivity index is 2.45. The number of anilines is 1. The summed E-state index contributed by atoms with van der Waals surface area (Å²) in [6, 6.07) is 3.79. The highest BCUT2D eigenvalue weighted by molar-refractivity contribution is 5.80. The fourth-order valence-corrected chi connectivity index (χ4v) is 1.20. The zero-order chi connectivity index (χ0) is 12.8. The van der Waals surface area contributed by atoms with E-state index in [1.165, 1.54) is 12.1 Å². The molecule has 0 spiro atoms. The molecule has 0 atom stereocenters. The summed E-state index contributed by atoms with van der Waals surface area (Å²) in [5.41, 5.74) is -0.00954. The summed E-state index contributed by atoms with van der Waals surface area (Å²) in [6.07, 6.45) is 0. The zero-order valence-corrected chi connectivity index (χ0v) is 9.89. The number of carbonyl (C=O) groups excluding carboxylic acids is 1. The average Bonchev–Trinajstić information content (AvgIpc) is 2.28. The Labute approximate surface area is 99.2 Å². The molecule has 94 valence electrons. The van der Waals surface area contributed by atoms with Crippen molar-refractivity contribution in [3.05, 3.63) is 29.8 Å². The molecule has 2 N–H and O–H groups in total. The molecule has 0 unspecified atom stereocenters. The number of benzene rings is 1. The second-order valence-electron chi connectivity index (χ2n) is 4.15. The number of amides is 1. The molecule has 0 saturated heterocycles.